The minimum atomic E-state index is 0.665. The molecule has 0 amide bonds. The first-order valence-electron chi connectivity index (χ1n) is 3.20. The lowest BCUT2D eigenvalue weighted by Crippen LogP contribution is -2.30. The van der Waals surface area contributed by atoms with Crippen molar-refractivity contribution in [2.45, 2.75) is 0 Å². The average molecular weight is 133 g/mol. The van der Waals surface area contributed by atoms with E-state index in [1.807, 2.05) is 18.2 Å². The molecule has 0 saturated carbocycles. The Morgan fingerprint density at radius 3 is 3.40 bits per heavy atom. The smallest absolute Gasteiger partial charge is 0.110 e. The summed E-state index contributed by atoms with van der Waals surface area (Å²) in [6.07, 6.45) is 5.47. The molecule has 1 aliphatic rings. The Hall–Kier alpha value is -1.31. The van der Waals surface area contributed by atoms with Crippen LogP contribution in [-0.2, 0) is 4.74 Å². The predicted molar refractivity (Wildman–Crippen MR) is 38.4 cm³/mol. The van der Waals surface area contributed by atoms with Crippen LogP contribution in [0.25, 0.3) is 12.3 Å². The van der Waals surface area contributed by atoms with Crippen molar-refractivity contribution in [3.63, 3.8) is 0 Å². The Morgan fingerprint density at radius 1 is 1.50 bits per heavy atom. The van der Waals surface area contributed by atoms with Gasteiger partial charge in [0.05, 0.1) is 0 Å². The summed E-state index contributed by atoms with van der Waals surface area (Å²) in [5, 5.41) is 2.09. The number of hydrogen-bond donors (Lipinski definition) is 0. The topological polar surface area (TPSA) is 22.1 Å². The van der Waals surface area contributed by atoms with Gasteiger partial charge in [-0.1, -0.05) is 6.07 Å². The first kappa shape index (κ1) is 5.47. The van der Waals surface area contributed by atoms with Crippen LogP contribution in [0.2, 0.25) is 0 Å². The Morgan fingerprint density at radius 2 is 2.50 bits per heavy atom. The molecule has 0 aromatic carbocycles. The highest BCUT2D eigenvalue weighted by Gasteiger charge is 1.90. The highest BCUT2D eigenvalue weighted by molar-refractivity contribution is 5.30. The fraction of sp³-hybridized carbons (Fsp3) is 0.125. The van der Waals surface area contributed by atoms with E-state index in [1.54, 1.807) is 12.5 Å². The second-order valence-corrected chi connectivity index (χ2v) is 2.13. The van der Waals surface area contributed by atoms with Crippen LogP contribution in [-0.4, -0.2) is 11.6 Å². The van der Waals surface area contributed by atoms with Crippen molar-refractivity contribution in [1.29, 1.82) is 0 Å². The molecule has 50 valence electrons. The monoisotopic (exact) mass is 133 g/mol. The molecule has 1 aromatic heterocycles. The van der Waals surface area contributed by atoms with E-state index in [-0.39, 0.29) is 0 Å². The van der Waals surface area contributed by atoms with E-state index >= 15 is 0 Å². The molecule has 2 heteroatoms. The molecule has 0 N–H and O–H groups in total. The number of hydrogen-bond acceptors (Lipinski definition) is 2. The largest absolute Gasteiger partial charge is 0.495 e. The van der Waals surface area contributed by atoms with Crippen LogP contribution in [0, 0.1) is 0 Å². The Labute approximate surface area is 58.5 Å². The van der Waals surface area contributed by atoms with Gasteiger partial charge < -0.3 is 4.74 Å². The molecule has 1 aliphatic heterocycles. The number of rotatable bonds is 0. The molecule has 0 aliphatic carbocycles. The van der Waals surface area contributed by atoms with Crippen LogP contribution in [0.5, 0.6) is 0 Å². The molecule has 2 nitrogen and oxygen atoms in total. The number of aromatic nitrogens is 1. The molecule has 0 saturated heterocycles. The summed E-state index contributed by atoms with van der Waals surface area (Å²) in [5.41, 5.74) is 0. The lowest BCUT2D eigenvalue weighted by atomic mass is 10.3. The maximum Gasteiger partial charge on any atom is 0.110 e. The van der Waals surface area contributed by atoms with Crippen LogP contribution >= 0.6 is 0 Å². The van der Waals surface area contributed by atoms with Crippen molar-refractivity contribution in [1.82, 2.24) is 4.98 Å². The highest BCUT2D eigenvalue weighted by atomic mass is 16.5. The number of nitrogens with zero attached hydrogens (tertiary/aromatic N) is 1. The molecule has 0 unspecified atom stereocenters. The number of ether oxygens (including phenoxy) is 1. The van der Waals surface area contributed by atoms with E-state index in [0.717, 1.165) is 10.6 Å². The van der Waals surface area contributed by atoms with Gasteiger partial charge in [-0.15, -0.1) is 0 Å². The summed E-state index contributed by atoms with van der Waals surface area (Å²) in [5.74, 6) is 0. The number of fused-ring (bicyclic) bond motifs is 1. The van der Waals surface area contributed by atoms with Gasteiger partial charge in [0.1, 0.15) is 18.2 Å². The van der Waals surface area contributed by atoms with E-state index in [1.165, 1.54) is 0 Å². The highest BCUT2D eigenvalue weighted by Crippen LogP contribution is 1.79. The van der Waals surface area contributed by atoms with Crippen LogP contribution < -0.4 is 10.6 Å². The summed E-state index contributed by atoms with van der Waals surface area (Å²) < 4.78 is 5.05. The maximum atomic E-state index is 5.05. The third-order valence-electron chi connectivity index (χ3n) is 1.47. The summed E-state index contributed by atoms with van der Waals surface area (Å²) in [6, 6.07) is 3.95. The molecule has 0 spiro atoms. The molecule has 0 fully saturated rings. The van der Waals surface area contributed by atoms with Crippen molar-refractivity contribution in [3.05, 3.63) is 28.9 Å². The third-order valence-corrected chi connectivity index (χ3v) is 1.47. The van der Waals surface area contributed by atoms with Gasteiger partial charge >= 0.3 is 0 Å². The quantitative estimate of drug-likeness (QED) is 0.481. The number of pyridine rings is 1. The zero-order valence-electron chi connectivity index (χ0n) is 5.45. The minimum Gasteiger partial charge on any atom is -0.495 e. The first-order valence-corrected chi connectivity index (χ1v) is 3.20. The molecule has 10 heavy (non-hydrogen) atoms. The molecular weight excluding hydrogens is 126 g/mol. The summed E-state index contributed by atoms with van der Waals surface area (Å²) in [6.45, 7) is 0.665. The van der Waals surface area contributed by atoms with Gasteiger partial charge in [0.25, 0.3) is 0 Å². The fourth-order valence-electron chi connectivity index (χ4n) is 0.966. The Bertz CT molecular complexity index is 308. The van der Waals surface area contributed by atoms with Crippen LogP contribution in [0.1, 0.15) is 0 Å². The molecule has 0 bridgehead atoms. The van der Waals surface area contributed by atoms with Gasteiger partial charge in [-0.3, -0.25) is 4.98 Å². The molecule has 0 radical (unpaired) electrons. The van der Waals surface area contributed by atoms with Gasteiger partial charge in [-0.2, -0.15) is 0 Å². The van der Waals surface area contributed by atoms with Crippen LogP contribution in [0.3, 0.4) is 0 Å². The zero-order valence-corrected chi connectivity index (χ0v) is 5.45. The Kier molecular flexibility index (Phi) is 1.17. The molecule has 2 rings (SSSR count). The van der Waals surface area contributed by atoms with Gasteiger partial charge in [0.2, 0.25) is 0 Å². The van der Waals surface area contributed by atoms with Crippen LogP contribution in [0.15, 0.2) is 18.3 Å². The van der Waals surface area contributed by atoms with Gasteiger partial charge in [-0.05, 0) is 12.1 Å². The van der Waals surface area contributed by atoms with E-state index in [9.17, 15) is 0 Å². The van der Waals surface area contributed by atoms with E-state index < -0.39 is 0 Å². The molecular formula is C8H7NO. The second-order valence-electron chi connectivity index (χ2n) is 2.13. The maximum absolute atomic E-state index is 5.05. The van der Waals surface area contributed by atoms with Crippen molar-refractivity contribution in [2.75, 3.05) is 6.61 Å². The second kappa shape index (κ2) is 2.14. The normalized spacial score (nSPS) is 14.0. The molecule has 1 aromatic rings. The standard InChI is InChI=1S/C8H7NO/c1-2-7-3-5-10-6-8(7)9-4-1/h1-4,6H,5H2. The van der Waals surface area contributed by atoms with Gasteiger partial charge in [-0.25, -0.2) is 0 Å². The lowest BCUT2D eigenvalue weighted by Gasteiger charge is -1.99. The molecule has 0 atom stereocenters. The minimum absolute atomic E-state index is 0.665. The third kappa shape index (κ3) is 0.778. The van der Waals surface area contributed by atoms with Gasteiger partial charge in [0, 0.05) is 11.4 Å². The van der Waals surface area contributed by atoms with Crippen molar-refractivity contribution < 1.29 is 4.74 Å². The van der Waals surface area contributed by atoms with Crippen molar-refractivity contribution in [3.8, 4) is 0 Å². The zero-order chi connectivity index (χ0) is 6.81. The van der Waals surface area contributed by atoms with E-state index in [0.29, 0.717) is 6.61 Å². The van der Waals surface area contributed by atoms with E-state index in [4.69, 9.17) is 4.74 Å². The van der Waals surface area contributed by atoms with Crippen molar-refractivity contribution in [2.24, 2.45) is 0 Å². The van der Waals surface area contributed by atoms with E-state index in [2.05, 4.69) is 4.98 Å². The SMILES string of the molecule is C1=c2cccnc2=COC1. The predicted octanol–water partition coefficient (Wildman–Crippen LogP) is -0.370. The summed E-state index contributed by atoms with van der Waals surface area (Å²) in [4.78, 5) is 4.11. The average Bonchev–Trinajstić information content (AvgIpc) is 2.05. The Balaban J connectivity index is 2.84. The van der Waals surface area contributed by atoms with Crippen molar-refractivity contribution >= 4 is 12.3 Å². The summed E-state index contributed by atoms with van der Waals surface area (Å²) >= 11 is 0. The van der Waals surface area contributed by atoms with Gasteiger partial charge in [0.15, 0.2) is 0 Å². The van der Waals surface area contributed by atoms with Crippen LogP contribution in [0.4, 0.5) is 0 Å². The molecule has 2 heterocycles. The first-order chi connectivity index (χ1) is 4.97. The lowest BCUT2D eigenvalue weighted by molar-refractivity contribution is 0.345. The fourth-order valence-corrected chi connectivity index (χ4v) is 0.966. The summed E-state index contributed by atoms with van der Waals surface area (Å²) in [7, 11) is 0.